The second-order valence-corrected chi connectivity index (χ2v) is 6.95. The highest BCUT2D eigenvalue weighted by atomic mass is 35.5. The SMILES string of the molecule is COc1ccc([C@H]2CCNC[C@@H]2COc2ccc3c(c2)C(=O)NC3)cc1.Cl. The van der Waals surface area contributed by atoms with Crippen LogP contribution in [0.1, 0.15) is 33.8 Å². The molecular weight excluding hydrogens is 364 g/mol. The van der Waals surface area contributed by atoms with Gasteiger partial charge in [-0.05, 0) is 54.3 Å². The minimum absolute atomic E-state index is 0. The van der Waals surface area contributed by atoms with E-state index in [0.29, 0.717) is 25.0 Å². The molecule has 27 heavy (non-hydrogen) atoms. The second kappa shape index (κ2) is 8.63. The number of rotatable bonds is 5. The Morgan fingerprint density at radius 2 is 1.89 bits per heavy atom. The van der Waals surface area contributed by atoms with Crippen LogP contribution in [0, 0.1) is 5.92 Å². The smallest absolute Gasteiger partial charge is 0.252 e. The van der Waals surface area contributed by atoms with Gasteiger partial charge in [-0.1, -0.05) is 18.2 Å². The Labute approximate surface area is 165 Å². The number of hydrogen-bond acceptors (Lipinski definition) is 4. The van der Waals surface area contributed by atoms with Crippen molar-refractivity contribution in [2.45, 2.75) is 18.9 Å². The van der Waals surface area contributed by atoms with Crippen molar-refractivity contribution in [1.82, 2.24) is 10.6 Å². The molecule has 4 rings (SSSR count). The van der Waals surface area contributed by atoms with Crippen LogP contribution in [0.5, 0.6) is 11.5 Å². The maximum atomic E-state index is 11.8. The number of piperidine rings is 1. The number of methoxy groups -OCH3 is 1. The van der Waals surface area contributed by atoms with E-state index in [2.05, 4.69) is 22.8 Å². The molecule has 2 aromatic carbocycles. The van der Waals surface area contributed by atoms with Crippen molar-refractivity contribution in [2.75, 3.05) is 26.8 Å². The van der Waals surface area contributed by atoms with E-state index in [0.717, 1.165) is 42.1 Å². The molecule has 2 heterocycles. The third kappa shape index (κ3) is 4.20. The Balaban J connectivity index is 0.00000210. The van der Waals surface area contributed by atoms with E-state index in [1.165, 1.54) is 5.56 Å². The molecule has 0 spiro atoms. The van der Waals surface area contributed by atoms with Gasteiger partial charge in [0, 0.05) is 24.6 Å². The van der Waals surface area contributed by atoms with Crippen LogP contribution in [0.25, 0.3) is 0 Å². The van der Waals surface area contributed by atoms with Crippen LogP contribution in [0.15, 0.2) is 42.5 Å². The van der Waals surface area contributed by atoms with E-state index in [4.69, 9.17) is 9.47 Å². The first-order valence-electron chi connectivity index (χ1n) is 9.13. The van der Waals surface area contributed by atoms with E-state index in [1.807, 2.05) is 30.3 Å². The Bertz CT molecular complexity index is 795. The molecule has 5 nitrogen and oxygen atoms in total. The van der Waals surface area contributed by atoms with Crippen molar-refractivity contribution < 1.29 is 14.3 Å². The van der Waals surface area contributed by atoms with Crippen LogP contribution < -0.4 is 20.1 Å². The lowest BCUT2D eigenvalue weighted by molar-refractivity contribution is 0.0965. The Hall–Kier alpha value is -2.24. The summed E-state index contributed by atoms with van der Waals surface area (Å²) < 4.78 is 11.3. The van der Waals surface area contributed by atoms with Crippen molar-refractivity contribution in [3.05, 3.63) is 59.2 Å². The minimum Gasteiger partial charge on any atom is -0.497 e. The summed E-state index contributed by atoms with van der Waals surface area (Å²) in [7, 11) is 1.69. The zero-order valence-electron chi connectivity index (χ0n) is 15.4. The zero-order valence-corrected chi connectivity index (χ0v) is 16.2. The van der Waals surface area contributed by atoms with Gasteiger partial charge in [-0.2, -0.15) is 0 Å². The summed E-state index contributed by atoms with van der Waals surface area (Å²) >= 11 is 0. The van der Waals surface area contributed by atoms with Gasteiger partial charge in [-0.15, -0.1) is 12.4 Å². The quantitative estimate of drug-likeness (QED) is 0.826. The highest BCUT2D eigenvalue weighted by Crippen LogP contribution is 2.32. The molecule has 1 fully saturated rings. The Kier molecular flexibility index (Phi) is 6.24. The number of carbonyl (C=O) groups is 1. The largest absolute Gasteiger partial charge is 0.497 e. The average molecular weight is 389 g/mol. The first-order chi connectivity index (χ1) is 12.7. The predicted octanol–water partition coefficient (Wildman–Crippen LogP) is 3.13. The van der Waals surface area contributed by atoms with Crippen molar-refractivity contribution in [2.24, 2.45) is 5.92 Å². The van der Waals surface area contributed by atoms with E-state index < -0.39 is 0 Å². The number of nitrogens with one attached hydrogen (secondary N) is 2. The van der Waals surface area contributed by atoms with E-state index >= 15 is 0 Å². The van der Waals surface area contributed by atoms with Crippen molar-refractivity contribution in [3.8, 4) is 11.5 Å². The monoisotopic (exact) mass is 388 g/mol. The molecule has 2 aliphatic heterocycles. The van der Waals surface area contributed by atoms with Gasteiger partial charge in [0.05, 0.1) is 13.7 Å². The van der Waals surface area contributed by atoms with Crippen LogP contribution in [-0.2, 0) is 6.54 Å². The topological polar surface area (TPSA) is 59.6 Å². The molecule has 1 amide bonds. The molecule has 144 valence electrons. The maximum absolute atomic E-state index is 11.8. The molecule has 6 heteroatoms. The number of hydrogen-bond donors (Lipinski definition) is 2. The lowest BCUT2D eigenvalue weighted by Crippen LogP contribution is -2.38. The first-order valence-corrected chi connectivity index (χ1v) is 9.13. The van der Waals surface area contributed by atoms with Crippen LogP contribution in [0.4, 0.5) is 0 Å². The lowest BCUT2D eigenvalue weighted by atomic mass is 9.81. The normalized spacial score (nSPS) is 21.0. The molecule has 2 atom stereocenters. The van der Waals surface area contributed by atoms with Gasteiger partial charge < -0.3 is 20.1 Å². The van der Waals surface area contributed by atoms with Gasteiger partial charge in [0.1, 0.15) is 11.5 Å². The number of halogens is 1. The van der Waals surface area contributed by atoms with Crippen LogP contribution in [0.2, 0.25) is 0 Å². The molecule has 2 N–H and O–H groups in total. The molecule has 2 aromatic rings. The van der Waals surface area contributed by atoms with E-state index in [-0.39, 0.29) is 18.3 Å². The number of ether oxygens (including phenoxy) is 2. The molecule has 0 saturated carbocycles. The Morgan fingerprint density at radius 3 is 2.67 bits per heavy atom. The summed E-state index contributed by atoms with van der Waals surface area (Å²) in [6.07, 6.45) is 1.09. The van der Waals surface area contributed by atoms with E-state index in [1.54, 1.807) is 7.11 Å². The predicted molar refractivity (Wildman–Crippen MR) is 107 cm³/mol. The summed E-state index contributed by atoms with van der Waals surface area (Å²) in [6.45, 7) is 3.19. The standard InChI is InChI=1S/C21H24N2O3.ClH/c1-25-17-5-2-14(3-6-17)19-8-9-22-11-16(19)13-26-18-7-4-15-12-23-21(24)20(15)10-18;/h2-7,10,16,19,22H,8-9,11-13H2,1H3,(H,23,24);1H/t16-,19-;/m1./s1. The molecule has 0 aliphatic carbocycles. The van der Waals surface area contributed by atoms with Crippen molar-refractivity contribution in [3.63, 3.8) is 0 Å². The summed E-state index contributed by atoms with van der Waals surface area (Å²) in [5.41, 5.74) is 3.10. The average Bonchev–Trinajstić information content (AvgIpc) is 3.07. The molecule has 0 aromatic heterocycles. The van der Waals surface area contributed by atoms with Gasteiger partial charge in [0.2, 0.25) is 0 Å². The molecule has 0 bridgehead atoms. The summed E-state index contributed by atoms with van der Waals surface area (Å²) in [5, 5.41) is 6.31. The zero-order chi connectivity index (χ0) is 17.9. The van der Waals surface area contributed by atoms with Crippen LogP contribution in [0.3, 0.4) is 0 Å². The second-order valence-electron chi connectivity index (χ2n) is 6.95. The highest BCUT2D eigenvalue weighted by Gasteiger charge is 2.27. The number of amides is 1. The van der Waals surface area contributed by atoms with Gasteiger partial charge in [0.25, 0.3) is 5.91 Å². The molecule has 0 unspecified atom stereocenters. The van der Waals surface area contributed by atoms with E-state index in [9.17, 15) is 4.79 Å². The molecule has 0 radical (unpaired) electrons. The summed E-state index contributed by atoms with van der Waals surface area (Å²) in [4.78, 5) is 11.8. The van der Waals surface area contributed by atoms with Crippen LogP contribution >= 0.6 is 12.4 Å². The molecule has 1 saturated heterocycles. The third-order valence-corrected chi connectivity index (χ3v) is 5.38. The fourth-order valence-electron chi connectivity index (χ4n) is 3.87. The van der Waals surface area contributed by atoms with Crippen molar-refractivity contribution in [1.29, 1.82) is 0 Å². The van der Waals surface area contributed by atoms with Gasteiger partial charge >= 0.3 is 0 Å². The summed E-state index contributed by atoms with van der Waals surface area (Å²) in [6, 6.07) is 14.1. The van der Waals surface area contributed by atoms with Crippen LogP contribution in [-0.4, -0.2) is 32.7 Å². The fourth-order valence-corrected chi connectivity index (χ4v) is 3.87. The Morgan fingerprint density at radius 1 is 1.11 bits per heavy atom. The number of fused-ring (bicyclic) bond motifs is 1. The first kappa shape index (κ1) is 19.5. The summed E-state index contributed by atoms with van der Waals surface area (Å²) in [5.74, 6) is 2.48. The maximum Gasteiger partial charge on any atom is 0.252 e. The van der Waals surface area contributed by atoms with Gasteiger partial charge in [-0.25, -0.2) is 0 Å². The van der Waals surface area contributed by atoms with Crippen molar-refractivity contribution >= 4 is 18.3 Å². The number of carbonyl (C=O) groups excluding carboxylic acids is 1. The number of benzene rings is 2. The highest BCUT2D eigenvalue weighted by molar-refractivity contribution is 5.98. The molecule has 2 aliphatic rings. The minimum atomic E-state index is -0.0131. The van der Waals surface area contributed by atoms with Gasteiger partial charge in [0.15, 0.2) is 0 Å². The fraction of sp³-hybridized carbons (Fsp3) is 0.381. The van der Waals surface area contributed by atoms with Gasteiger partial charge in [-0.3, -0.25) is 4.79 Å². The third-order valence-electron chi connectivity index (χ3n) is 5.38. The molecular formula is C21H25ClN2O3. The lowest BCUT2D eigenvalue weighted by Gasteiger charge is -2.32.